The summed E-state index contributed by atoms with van der Waals surface area (Å²) < 4.78 is 23.5. The van der Waals surface area contributed by atoms with Crippen molar-refractivity contribution >= 4 is 44.8 Å². The van der Waals surface area contributed by atoms with E-state index in [9.17, 15) is 13.2 Å². The molecular weight excluding hydrogens is 447 g/mol. The molecule has 2 heterocycles. The fraction of sp³-hybridized carbons (Fsp3) is 0.615. The van der Waals surface area contributed by atoms with Crippen LogP contribution >= 0.6 is 22.9 Å². The molecule has 0 atom stereocenters. The van der Waals surface area contributed by atoms with Crippen LogP contribution in [-0.2, 0) is 10.2 Å². The number of rotatable bonds is 6. The predicted octanol–water partition coefficient (Wildman–Crippen LogP) is 0.298. The lowest BCUT2D eigenvalue weighted by atomic mass is 9.93. The summed E-state index contributed by atoms with van der Waals surface area (Å²) in [5.41, 5.74) is 0.346. The molecule has 1 amide bonds. The van der Waals surface area contributed by atoms with Gasteiger partial charge in [-0.05, 0) is 25.2 Å². The standard InChI is InChI=1S/C13H21IN6O3S/c1-16-13(21)11-8-12(18-9-17-11)19-5-2-10(3-6-19)4-7-20(14)24(15,22)23/h8-10H,2-7H2,1H3,(H,16,21)(H2,15,22,23). The van der Waals surface area contributed by atoms with Crippen LogP contribution in [0.1, 0.15) is 29.8 Å². The molecule has 0 aromatic carbocycles. The van der Waals surface area contributed by atoms with E-state index in [4.69, 9.17) is 5.14 Å². The molecule has 134 valence electrons. The van der Waals surface area contributed by atoms with Gasteiger partial charge >= 0.3 is 0 Å². The molecule has 1 aromatic rings. The van der Waals surface area contributed by atoms with Crippen LogP contribution in [0, 0.1) is 5.92 Å². The molecule has 0 unspecified atom stereocenters. The number of amides is 1. The fourth-order valence-electron chi connectivity index (χ4n) is 2.63. The summed E-state index contributed by atoms with van der Waals surface area (Å²) in [7, 11) is -2.06. The lowest BCUT2D eigenvalue weighted by Crippen LogP contribution is -2.36. The average molecular weight is 468 g/mol. The average Bonchev–Trinajstić information content (AvgIpc) is 2.58. The van der Waals surface area contributed by atoms with Gasteiger partial charge in [-0.3, -0.25) is 4.79 Å². The Labute approximate surface area is 155 Å². The first kappa shape index (κ1) is 19.3. The SMILES string of the molecule is CNC(=O)c1cc(N2CCC(CCN(I)S(N)(=O)=O)CC2)ncn1. The highest BCUT2D eigenvalue weighted by Crippen LogP contribution is 2.25. The Bertz CT molecular complexity index is 678. The van der Waals surface area contributed by atoms with Gasteiger partial charge in [0.1, 0.15) is 17.8 Å². The maximum Gasteiger partial charge on any atom is 0.285 e. The van der Waals surface area contributed by atoms with Crippen LogP contribution in [0.2, 0.25) is 0 Å². The van der Waals surface area contributed by atoms with E-state index >= 15 is 0 Å². The Morgan fingerprint density at radius 2 is 2.12 bits per heavy atom. The molecule has 0 bridgehead atoms. The first-order chi connectivity index (χ1) is 11.3. The van der Waals surface area contributed by atoms with Gasteiger partial charge in [-0.15, -0.1) is 2.52 Å². The maximum absolute atomic E-state index is 11.6. The van der Waals surface area contributed by atoms with Gasteiger partial charge in [0.05, 0.1) is 0 Å². The number of hydrogen-bond acceptors (Lipinski definition) is 6. The van der Waals surface area contributed by atoms with Crippen molar-refractivity contribution in [1.82, 2.24) is 17.8 Å². The zero-order chi connectivity index (χ0) is 17.7. The minimum atomic E-state index is -3.62. The number of nitrogens with one attached hydrogen (secondary N) is 1. The minimum Gasteiger partial charge on any atom is -0.356 e. The van der Waals surface area contributed by atoms with Crippen molar-refractivity contribution in [2.45, 2.75) is 19.3 Å². The van der Waals surface area contributed by atoms with Gasteiger partial charge in [0.15, 0.2) is 0 Å². The van der Waals surface area contributed by atoms with E-state index in [1.54, 1.807) is 36.0 Å². The summed E-state index contributed by atoms with van der Waals surface area (Å²) in [6.45, 7) is 2.04. The molecule has 1 aliphatic rings. The summed E-state index contributed by atoms with van der Waals surface area (Å²) in [4.78, 5) is 22.0. The van der Waals surface area contributed by atoms with E-state index < -0.39 is 10.2 Å². The largest absolute Gasteiger partial charge is 0.356 e. The van der Waals surface area contributed by atoms with Crippen LogP contribution in [0.15, 0.2) is 12.4 Å². The number of carbonyl (C=O) groups is 1. The Balaban J connectivity index is 1.88. The van der Waals surface area contributed by atoms with E-state index in [0.717, 1.165) is 40.7 Å². The molecule has 1 saturated heterocycles. The van der Waals surface area contributed by atoms with E-state index in [-0.39, 0.29) is 5.91 Å². The number of nitrogens with zero attached hydrogens (tertiary/aromatic N) is 4. The van der Waals surface area contributed by atoms with Crippen molar-refractivity contribution in [3.8, 4) is 0 Å². The summed E-state index contributed by atoms with van der Waals surface area (Å²) in [6.07, 6.45) is 4.05. The fourth-order valence-corrected chi connectivity index (χ4v) is 3.27. The second kappa shape index (κ2) is 8.36. The molecule has 2 rings (SSSR count). The summed E-state index contributed by atoms with van der Waals surface area (Å²) >= 11 is 1.73. The molecular formula is C13H21IN6O3S. The molecule has 0 spiro atoms. The van der Waals surface area contributed by atoms with E-state index in [0.29, 0.717) is 18.2 Å². The third-order valence-corrected chi connectivity index (χ3v) is 6.90. The lowest BCUT2D eigenvalue weighted by molar-refractivity contribution is 0.0958. The van der Waals surface area contributed by atoms with E-state index in [1.807, 2.05) is 0 Å². The van der Waals surface area contributed by atoms with Gasteiger partial charge < -0.3 is 10.2 Å². The van der Waals surface area contributed by atoms with Gasteiger partial charge in [0, 0.05) is 55.6 Å². The topological polar surface area (TPSA) is 122 Å². The molecule has 1 fully saturated rings. The highest BCUT2D eigenvalue weighted by molar-refractivity contribution is 14.1. The maximum atomic E-state index is 11.6. The van der Waals surface area contributed by atoms with Gasteiger partial charge in [-0.1, -0.05) is 0 Å². The van der Waals surface area contributed by atoms with Crippen molar-refractivity contribution in [2.24, 2.45) is 11.1 Å². The number of anilines is 1. The minimum absolute atomic E-state index is 0.237. The van der Waals surface area contributed by atoms with Gasteiger partial charge in [0.25, 0.3) is 16.1 Å². The Morgan fingerprint density at radius 3 is 2.71 bits per heavy atom. The van der Waals surface area contributed by atoms with E-state index in [2.05, 4.69) is 20.2 Å². The number of aromatic nitrogens is 2. The van der Waals surface area contributed by atoms with Gasteiger partial charge in [0.2, 0.25) is 0 Å². The highest BCUT2D eigenvalue weighted by atomic mass is 127. The number of carbonyl (C=O) groups excluding carboxylic acids is 1. The zero-order valence-electron chi connectivity index (χ0n) is 13.4. The van der Waals surface area contributed by atoms with Crippen LogP contribution in [0.3, 0.4) is 0 Å². The smallest absolute Gasteiger partial charge is 0.285 e. The molecule has 24 heavy (non-hydrogen) atoms. The van der Waals surface area contributed by atoms with Gasteiger partial charge in [-0.25, -0.2) is 15.1 Å². The van der Waals surface area contributed by atoms with Crippen molar-refractivity contribution in [2.75, 3.05) is 31.6 Å². The molecule has 11 heteroatoms. The normalized spacial score (nSPS) is 16.4. The van der Waals surface area contributed by atoms with Crippen molar-refractivity contribution in [3.05, 3.63) is 18.1 Å². The summed E-state index contributed by atoms with van der Waals surface area (Å²) in [5.74, 6) is 0.946. The number of hydrogen-bond donors (Lipinski definition) is 2. The van der Waals surface area contributed by atoms with Crippen molar-refractivity contribution in [3.63, 3.8) is 0 Å². The molecule has 1 aromatic heterocycles. The van der Waals surface area contributed by atoms with E-state index in [1.165, 1.54) is 6.33 Å². The Morgan fingerprint density at radius 1 is 1.46 bits per heavy atom. The van der Waals surface area contributed by atoms with Crippen LogP contribution in [0.5, 0.6) is 0 Å². The van der Waals surface area contributed by atoms with Crippen LogP contribution in [-0.4, -0.2) is 53.5 Å². The molecule has 3 N–H and O–H groups in total. The second-order valence-corrected chi connectivity index (χ2v) is 8.91. The molecule has 0 saturated carbocycles. The summed E-state index contributed by atoms with van der Waals surface area (Å²) in [6, 6.07) is 1.69. The lowest BCUT2D eigenvalue weighted by Gasteiger charge is -2.33. The number of piperidine rings is 1. The monoisotopic (exact) mass is 468 g/mol. The second-order valence-electron chi connectivity index (χ2n) is 5.62. The van der Waals surface area contributed by atoms with Crippen LogP contribution < -0.4 is 15.4 Å². The first-order valence-electron chi connectivity index (χ1n) is 7.56. The Hall–Kier alpha value is -1.05. The molecule has 0 radical (unpaired) electrons. The van der Waals surface area contributed by atoms with Gasteiger partial charge in [-0.2, -0.15) is 8.42 Å². The molecule has 9 nitrogen and oxygen atoms in total. The predicted molar refractivity (Wildman–Crippen MR) is 98.8 cm³/mol. The highest BCUT2D eigenvalue weighted by Gasteiger charge is 2.23. The van der Waals surface area contributed by atoms with Crippen molar-refractivity contribution in [1.29, 1.82) is 0 Å². The zero-order valence-corrected chi connectivity index (χ0v) is 16.3. The third-order valence-electron chi connectivity index (χ3n) is 4.04. The van der Waals surface area contributed by atoms with Crippen molar-refractivity contribution < 1.29 is 13.2 Å². The Kier molecular flexibility index (Phi) is 6.71. The summed E-state index contributed by atoms with van der Waals surface area (Å²) in [5, 5.41) is 7.62. The number of halogens is 1. The quantitative estimate of drug-likeness (QED) is 0.458. The molecule has 1 aliphatic heterocycles. The third kappa shape index (κ3) is 5.22. The first-order valence-corrected chi connectivity index (χ1v) is 10.0. The number of nitrogens with two attached hydrogens (primary N) is 1. The van der Waals surface area contributed by atoms with Crippen LogP contribution in [0.25, 0.3) is 0 Å². The van der Waals surface area contributed by atoms with Crippen LogP contribution in [0.4, 0.5) is 5.82 Å². The molecule has 0 aliphatic carbocycles.